The summed E-state index contributed by atoms with van der Waals surface area (Å²) in [5, 5.41) is 3.61. The summed E-state index contributed by atoms with van der Waals surface area (Å²) < 4.78 is 5.44. The molecule has 1 aliphatic carbocycles. The van der Waals surface area contributed by atoms with Crippen LogP contribution in [0.15, 0.2) is 26.2 Å². The van der Waals surface area contributed by atoms with Crippen LogP contribution in [0, 0.1) is 0 Å². The summed E-state index contributed by atoms with van der Waals surface area (Å²) in [7, 11) is 0. The summed E-state index contributed by atoms with van der Waals surface area (Å²) in [5.74, 6) is 0.0199. The van der Waals surface area contributed by atoms with Crippen LogP contribution in [0.1, 0.15) is 49.7 Å². The average molecular weight is 393 g/mol. The smallest absolute Gasteiger partial charge is 0.339 e. The van der Waals surface area contributed by atoms with Crippen molar-refractivity contribution in [3.05, 3.63) is 33.7 Å². The predicted molar refractivity (Wildman–Crippen MR) is 111 cm³/mol. The number of thiol groups is 2. The van der Waals surface area contributed by atoms with Crippen LogP contribution in [0.3, 0.4) is 0 Å². The molecule has 0 fully saturated rings. The number of nitrogens with two attached hydrogens (primary N) is 1. The lowest BCUT2D eigenvalue weighted by Crippen LogP contribution is -2.28. The molecule has 1 aromatic carbocycles. The molecule has 3 N–H and O–H groups in total. The van der Waals surface area contributed by atoms with Crippen molar-refractivity contribution >= 4 is 47.8 Å². The molecule has 7 heteroatoms. The molecule has 0 saturated carbocycles. The molecule has 1 aromatic heterocycles. The highest BCUT2D eigenvalue weighted by molar-refractivity contribution is 7.81. The van der Waals surface area contributed by atoms with Crippen LogP contribution in [0.4, 0.5) is 5.69 Å². The number of unbranched alkanes of at least 4 members (excludes halogenated alkanes) is 1. The van der Waals surface area contributed by atoms with Gasteiger partial charge in [-0.1, -0.05) is 13.3 Å². The van der Waals surface area contributed by atoms with Crippen LogP contribution >= 0.6 is 25.3 Å². The maximum absolute atomic E-state index is 12.4. The molecule has 2 aromatic rings. The Hall–Kier alpha value is -1.60. The molecule has 0 spiro atoms. The Kier molecular flexibility index (Phi) is 5.87. The second-order valence-corrected chi connectivity index (χ2v) is 7.95. The molecule has 3 rings (SSSR count). The van der Waals surface area contributed by atoms with E-state index in [-0.39, 0.29) is 22.7 Å². The van der Waals surface area contributed by atoms with Crippen LogP contribution < -0.4 is 16.7 Å². The zero-order chi connectivity index (χ0) is 18.8. The molecule has 140 valence electrons. The van der Waals surface area contributed by atoms with Crippen molar-refractivity contribution in [2.45, 2.75) is 55.1 Å². The first-order valence-corrected chi connectivity index (χ1v) is 9.91. The number of anilines is 1. The third kappa shape index (κ3) is 3.74. The Balaban J connectivity index is 1.91. The van der Waals surface area contributed by atoms with Gasteiger partial charge in [-0.05, 0) is 36.8 Å². The van der Waals surface area contributed by atoms with Crippen LogP contribution in [-0.4, -0.2) is 17.7 Å². The minimum atomic E-state index is -0.325. The molecule has 0 bridgehead atoms. The first-order chi connectivity index (χ1) is 12.4. The fraction of sp³-hybridized carbons (Fsp3) is 0.474. The van der Waals surface area contributed by atoms with E-state index in [9.17, 15) is 9.59 Å². The monoisotopic (exact) mass is 392 g/mol. The van der Waals surface area contributed by atoms with Crippen LogP contribution in [-0.2, 0) is 11.2 Å². The van der Waals surface area contributed by atoms with E-state index < -0.39 is 0 Å². The number of amides is 1. The molecule has 0 saturated heterocycles. The summed E-state index contributed by atoms with van der Waals surface area (Å²) >= 11 is 9.10. The van der Waals surface area contributed by atoms with Crippen LogP contribution in [0.25, 0.3) is 11.0 Å². The molecular formula is C19H24N2O3S2. The third-order valence-corrected chi connectivity index (χ3v) is 5.91. The Morgan fingerprint density at radius 2 is 2.23 bits per heavy atom. The molecule has 0 radical (unpaired) electrons. The van der Waals surface area contributed by atoms with E-state index in [0.717, 1.165) is 30.2 Å². The topological polar surface area (TPSA) is 85.3 Å². The Morgan fingerprint density at radius 3 is 2.96 bits per heavy atom. The highest BCUT2D eigenvalue weighted by Gasteiger charge is 2.33. The van der Waals surface area contributed by atoms with E-state index in [1.165, 1.54) is 0 Å². The number of nitrogens with one attached hydrogen (secondary N) is 1. The summed E-state index contributed by atoms with van der Waals surface area (Å²) in [5.41, 5.74) is 8.12. The van der Waals surface area contributed by atoms with Crippen molar-refractivity contribution in [3.8, 4) is 0 Å². The van der Waals surface area contributed by atoms with Crippen molar-refractivity contribution in [2.75, 3.05) is 12.3 Å². The van der Waals surface area contributed by atoms with Crippen molar-refractivity contribution < 1.29 is 9.21 Å². The van der Waals surface area contributed by atoms with Crippen LogP contribution in [0.2, 0.25) is 0 Å². The number of carbonyl (C=O) groups is 1. The van der Waals surface area contributed by atoms with E-state index >= 15 is 0 Å². The van der Waals surface area contributed by atoms with E-state index in [2.05, 4.69) is 24.9 Å². The maximum Gasteiger partial charge on any atom is 0.339 e. The minimum Gasteiger partial charge on any atom is -0.422 e. The summed E-state index contributed by atoms with van der Waals surface area (Å²) in [6.45, 7) is 2.77. The van der Waals surface area contributed by atoms with Gasteiger partial charge in [-0.15, -0.1) is 12.6 Å². The number of nitrogen functional groups attached to an aromatic ring is 1. The Labute approximate surface area is 163 Å². The summed E-state index contributed by atoms with van der Waals surface area (Å²) in [4.78, 5) is 25.2. The zero-order valence-corrected chi connectivity index (χ0v) is 16.5. The lowest BCUT2D eigenvalue weighted by Gasteiger charge is -2.20. The predicted octanol–water partition coefficient (Wildman–Crippen LogP) is 3.30. The van der Waals surface area contributed by atoms with Gasteiger partial charge in [0.1, 0.15) is 5.58 Å². The van der Waals surface area contributed by atoms with Crippen molar-refractivity contribution in [2.24, 2.45) is 0 Å². The molecule has 2 unspecified atom stereocenters. The number of hydrogen-bond donors (Lipinski definition) is 4. The van der Waals surface area contributed by atoms with Crippen molar-refractivity contribution in [1.82, 2.24) is 5.32 Å². The molecule has 2 atom stereocenters. The molecule has 1 aliphatic rings. The minimum absolute atomic E-state index is 0.00157. The van der Waals surface area contributed by atoms with Gasteiger partial charge in [0.05, 0.1) is 0 Å². The van der Waals surface area contributed by atoms with Gasteiger partial charge in [0, 0.05) is 45.8 Å². The zero-order valence-electron chi connectivity index (χ0n) is 14.7. The largest absolute Gasteiger partial charge is 0.422 e. The van der Waals surface area contributed by atoms with Gasteiger partial charge in [0.25, 0.3) is 0 Å². The standard InChI is InChI=1S/C19H24N2O3S2/c1-2-3-6-21-17(22)9-15(25)10-4-5-11-18(10)12-7-16(26)13(20)8-14(12)24-19(11)23/h7-8,10,15,25-26H,2-6,9,20H2,1H3,(H,21,22). The lowest BCUT2D eigenvalue weighted by atomic mass is 9.92. The van der Waals surface area contributed by atoms with Crippen molar-refractivity contribution in [3.63, 3.8) is 0 Å². The van der Waals surface area contributed by atoms with Crippen LogP contribution in [0.5, 0.6) is 0 Å². The quantitative estimate of drug-likeness (QED) is 0.263. The molecular weight excluding hydrogens is 368 g/mol. The molecule has 1 heterocycles. The number of carbonyl (C=O) groups excluding carboxylic acids is 1. The van der Waals surface area contributed by atoms with E-state index in [0.29, 0.717) is 41.1 Å². The fourth-order valence-corrected chi connectivity index (χ4v) is 4.27. The van der Waals surface area contributed by atoms with E-state index in [1.54, 1.807) is 6.07 Å². The summed E-state index contributed by atoms with van der Waals surface area (Å²) in [6.07, 6.45) is 3.74. The highest BCUT2D eigenvalue weighted by Crippen LogP contribution is 2.42. The summed E-state index contributed by atoms with van der Waals surface area (Å²) in [6, 6.07) is 3.48. The Bertz CT molecular complexity index is 894. The number of fused-ring (bicyclic) bond motifs is 3. The van der Waals surface area contributed by atoms with Gasteiger partial charge in [-0.2, -0.15) is 12.6 Å². The Morgan fingerprint density at radius 1 is 1.46 bits per heavy atom. The molecule has 0 aliphatic heterocycles. The first kappa shape index (κ1) is 19.2. The van der Waals surface area contributed by atoms with Gasteiger partial charge < -0.3 is 15.5 Å². The number of benzene rings is 1. The number of hydrogen-bond acceptors (Lipinski definition) is 6. The number of rotatable bonds is 6. The SMILES string of the molecule is CCCCNC(=O)CC(S)C1CCc2c1c1cc(S)c(N)cc1oc2=O. The third-order valence-electron chi connectivity index (χ3n) is 4.98. The van der Waals surface area contributed by atoms with Gasteiger partial charge >= 0.3 is 5.63 Å². The normalized spacial score (nSPS) is 17.3. The fourth-order valence-electron chi connectivity index (χ4n) is 3.61. The van der Waals surface area contributed by atoms with E-state index in [4.69, 9.17) is 22.8 Å². The second-order valence-electron chi connectivity index (χ2n) is 6.81. The van der Waals surface area contributed by atoms with Gasteiger partial charge in [-0.3, -0.25) is 4.79 Å². The molecule has 26 heavy (non-hydrogen) atoms. The first-order valence-electron chi connectivity index (χ1n) is 8.95. The van der Waals surface area contributed by atoms with Gasteiger partial charge in [0.15, 0.2) is 0 Å². The average Bonchev–Trinajstić information content (AvgIpc) is 3.03. The molecule has 5 nitrogen and oxygen atoms in total. The lowest BCUT2D eigenvalue weighted by molar-refractivity contribution is -0.121. The maximum atomic E-state index is 12.4. The van der Waals surface area contributed by atoms with E-state index in [1.807, 2.05) is 6.07 Å². The highest BCUT2D eigenvalue weighted by atomic mass is 32.1. The van der Waals surface area contributed by atoms with Gasteiger partial charge in [0.2, 0.25) is 5.91 Å². The second kappa shape index (κ2) is 7.96. The van der Waals surface area contributed by atoms with Crippen molar-refractivity contribution in [1.29, 1.82) is 0 Å². The molecule has 1 amide bonds. The van der Waals surface area contributed by atoms with Gasteiger partial charge in [-0.25, -0.2) is 4.79 Å².